The van der Waals surface area contributed by atoms with Crippen molar-refractivity contribution in [2.24, 2.45) is 17.6 Å². The van der Waals surface area contributed by atoms with Crippen LogP contribution in [0.5, 0.6) is 0 Å². The van der Waals surface area contributed by atoms with Crippen LogP contribution < -0.4 is 11.1 Å². The van der Waals surface area contributed by atoms with Crippen molar-refractivity contribution in [3.8, 4) is 0 Å². The second-order valence-electron chi connectivity index (χ2n) is 6.86. The molecule has 140 valence electrons. The van der Waals surface area contributed by atoms with E-state index in [1.165, 1.54) is 19.5 Å². The number of unbranched alkanes of at least 4 members (excludes halogenated alkanes) is 3. The molecule has 1 amide bonds. The van der Waals surface area contributed by atoms with Crippen LogP contribution in [0.25, 0.3) is 0 Å². The van der Waals surface area contributed by atoms with Gasteiger partial charge in [-0.3, -0.25) is 4.79 Å². The normalized spacial score (nSPS) is 21.2. The number of rotatable bonds is 10. The summed E-state index contributed by atoms with van der Waals surface area (Å²) in [6.07, 6.45) is 7.43. The lowest BCUT2D eigenvalue weighted by Crippen LogP contribution is -2.40. The zero-order valence-corrected chi connectivity index (χ0v) is 16.5. The largest absolute Gasteiger partial charge is 0.356 e. The third-order valence-electron chi connectivity index (χ3n) is 4.28. The summed E-state index contributed by atoms with van der Waals surface area (Å²) in [5, 5.41) is 3.05. The first kappa shape index (κ1) is 25.2. The highest BCUT2D eigenvalue weighted by molar-refractivity contribution is 5.85. The summed E-state index contributed by atoms with van der Waals surface area (Å²) in [6, 6.07) is 0. The van der Waals surface area contributed by atoms with Crippen molar-refractivity contribution < 1.29 is 4.79 Å². The van der Waals surface area contributed by atoms with Gasteiger partial charge in [0.1, 0.15) is 0 Å². The number of halogens is 2. The van der Waals surface area contributed by atoms with E-state index in [0.717, 1.165) is 63.6 Å². The van der Waals surface area contributed by atoms with Crippen molar-refractivity contribution in [3.63, 3.8) is 0 Å². The fraction of sp³-hybridized carbons (Fsp3) is 0.941. The molecule has 4 nitrogen and oxygen atoms in total. The van der Waals surface area contributed by atoms with Crippen LogP contribution in [0, 0.1) is 11.8 Å². The molecule has 6 heteroatoms. The maximum absolute atomic E-state index is 11.7. The number of amides is 1. The molecule has 0 saturated carbocycles. The average molecular weight is 370 g/mol. The fourth-order valence-corrected chi connectivity index (χ4v) is 3.38. The Kier molecular flexibility index (Phi) is 17.0. The Balaban J connectivity index is 0. The van der Waals surface area contributed by atoms with E-state index in [4.69, 9.17) is 5.73 Å². The van der Waals surface area contributed by atoms with Gasteiger partial charge in [0.05, 0.1) is 0 Å². The zero-order valence-electron chi connectivity index (χ0n) is 14.9. The molecule has 2 unspecified atom stereocenters. The molecule has 23 heavy (non-hydrogen) atoms. The quantitative estimate of drug-likeness (QED) is 0.581. The maximum atomic E-state index is 11.7. The molecular weight excluding hydrogens is 333 g/mol. The summed E-state index contributed by atoms with van der Waals surface area (Å²) in [6.45, 7) is 9.83. The molecule has 3 N–H and O–H groups in total. The molecule has 0 aromatic rings. The third-order valence-corrected chi connectivity index (χ3v) is 4.28. The van der Waals surface area contributed by atoms with Gasteiger partial charge in [-0.2, -0.15) is 0 Å². The van der Waals surface area contributed by atoms with E-state index in [-0.39, 0.29) is 30.7 Å². The summed E-state index contributed by atoms with van der Waals surface area (Å²) in [7, 11) is 0. The molecule has 0 aromatic carbocycles. The van der Waals surface area contributed by atoms with Crippen LogP contribution in [-0.4, -0.2) is 43.5 Å². The maximum Gasteiger partial charge on any atom is 0.219 e. The number of likely N-dealkylation sites (tertiary alicyclic amines) is 1. The minimum Gasteiger partial charge on any atom is -0.356 e. The molecule has 1 aliphatic heterocycles. The van der Waals surface area contributed by atoms with Crippen LogP contribution in [0.4, 0.5) is 0 Å². The molecule has 2 atom stereocenters. The van der Waals surface area contributed by atoms with E-state index < -0.39 is 0 Å². The highest BCUT2D eigenvalue weighted by Crippen LogP contribution is 2.20. The summed E-state index contributed by atoms with van der Waals surface area (Å²) in [5.74, 6) is 1.84. The topological polar surface area (TPSA) is 58.4 Å². The van der Waals surface area contributed by atoms with E-state index in [1.54, 1.807) is 0 Å². The Bertz CT molecular complexity index is 283. The Morgan fingerprint density at radius 1 is 1.04 bits per heavy atom. The van der Waals surface area contributed by atoms with Gasteiger partial charge in [-0.1, -0.05) is 26.7 Å². The molecule has 0 aromatic heterocycles. The first-order chi connectivity index (χ1) is 10.1. The highest BCUT2D eigenvalue weighted by atomic mass is 35.5. The molecule has 1 rings (SSSR count). The van der Waals surface area contributed by atoms with Crippen molar-refractivity contribution >= 4 is 30.7 Å². The molecular formula is C17H37Cl2N3O. The van der Waals surface area contributed by atoms with E-state index in [9.17, 15) is 4.79 Å². The van der Waals surface area contributed by atoms with Crippen LogP contribution in [0.1, 0.15) is 58.8 Å². The van der Waals surface area contributed by atoms with Gasteiger partial charge < -0.3 is 16.0 Å². The van der Waals surface area contributed by atoms with Gasteiger partial charge in [0, 0.05) is 26.1 Å². The molecule has 1 saturated heterocycles. The van der Waals surface area contributed by atoms with Crippen molar-refractivity contribution in [3.05, 3.63) is 0 Å². The van der Waals surface area contributed by atoms with Crippen LogP contribution in [0.2, 0.25) is 0 Å². The van der Waals surface area contributed by atoms with Gasteiger partial charge >= 0.3 is 0 Å². The van der Waals surface area contributed by atoms with Gasteiger partial charge in [-0.15, -0.1) is 24.8 Å². The van der Waals surface area contributed by atoms with Crippen molar-refractivity contribution in [1.82, 2.24) is 10.2 Å². The number of carbonyl (C=O) groups excluding carboxylic acids is 1. The summed E-state index contributed by atoms with van der Waals surface area (Å²) >= 11 is 0. The molecule has 0 bridgehead atoms. The van der Waals surface area contributed by atoms with E-state index in [2.05, 4.69) is 24.1 Å². The van der Waals surface area contributed by atoms with Crippen LogP contribution in [-0.2, 0) is 4.79 Å². The molecule has 0 radical (unpaired) electrons. The minimum absolute atomic E-state index is 0. The number of carbonyl (C=O) groups is 1. The van der Waals surface area contributed by atoms with Gasteiger partial charge in [0.25, 0.3) is 0 Å². The summed E-state index contributed by atoms with van der Waals surface area (Å²) < 4.78 is 0. The van der Waals surface area contributed by atoms with Crippen LogP contribution in [0.15, 0.2) is 0 Å². The second kappa shape index (κ2) is 15.5. The summed E-state index contributed by atoms with van der Waals surface area (Å²) in [4.78, 5) is 14.2. The third kappa shape index (κ3) is 13.0. The van der Waals surface area contributed by atoms with Crippen LogP contribution >= 0.6 is 24.8 Å². The predicted molar refractivity (Wildman–Crippen MR) is 104 cm³/mol. The lowest BCUT2D eigenvalue weighted by Gasteiger charge is -2.34. The Hall–Kier alpha value is -0.0300. The Morgan fingerprint density at radius 2 is 1.65 bits per heavy atom. The standard InChI is InChI=1S/C17H35N3O.2ClH/c1-15-12-16(2)14-20(13-15)11-7-10-19-17(21)8-5-3-4-6-9-18;;/h15-16H,3-14,18H2,1-2H3,(H,19,21);2*1H. The monoisotopic (exact) mass is 369 g/mol. The van der Waals surface area contributed by atoms with Crippen LogP contribution in [0.3, 0.4) is 0 Å². The number of piperidine rings is 1. The van der Waals surface area contributed by atoms with Crippen molar-refractivity contribution in [1.29, 1.82) is 0 Å². The Morgan fingerprint density at radius 3 is 2.26 bits per heavy atom. The lowest BCUT2D eigenvalue weighted by atomic mass is 9.92. The van der Waals surface area contributed by atoms with Gasteiger partial charge in [0.15, 0.2) is 0 Å². The molecule has 0 spiro atoms. The first-order valence-electron chi connectivity index (χ1n) is 8.81. The fourth-order valence-electron chi connectivity index (χ4n) is 3.38. The lowest BCUT2D eigenvalue weighted by molar-refractivity contribution is -0.121. The number of nitrogens with one attached hydrogen (secondary N) is 1. The smallest absolute Gasteiger partial charge is 0.219 e. The molecule has 1 fully saturated rings. The molecule has 1 heterocycles. The number of hydrogen-bond acceptors (Lipinski definition) is 3. The van der Waals surface area contributed by atoms with E-state index >= 15 is 0 Å². The number of nitrogens with two attached hydrogens (primary N) is 1. The van der Waals surface area contributed by atoms with Gasteiger partial charge in [-0.05, 0) is 50.6 Å². The number of nitrogens with zero attached hydrogens (tertiary/aromatic N) is 1. The first-order valence-corrected chi connectivity index (χ1v) is 8.81. The van der Waals surface area contributed by atoms with E-state index in [1.807, 2.05) is 0 Å². The molecule has 0 aliphatic carbocycles. The van der Waals surface area contributed by atoms with Gasteiger partial charge in [-0.25, -0.2) is 0 Å². The zero-order chi connectivity index (χ0) is 15.5. The minimum atomic E-state index is 0. The summed E-state index contributed by atoms with van der Waals surface area (Å²) in [5.41, 5.74) is 5.45. The molecule has 1 aliphatic rings. The van der Waals surface area contributed by atoms with Gasteiger partial charge in [0.2, 0.25) is 5.91 Å². The highest BCUT2D eigenvalue weighted by Gasteiger charge is 2.20. The average Bonchev–Trinajstić information content (AvgIpc) is 2.42. The Labute approximate surface area is 155 Å². The van der Waals surface area contributed by atoms with Crippen molar-refractivity contribution in [2.75, 3.05) is 32.7 Å². The predicted octanol–water partition coefficient (Wildman–Crippen LogP) is 3.22. The van der Waals surface area contributed by atoms with Crippen molar-refractivity contribution in [2.45, 2.75) is 58.8 Å². The SMILES string of the molecule is CC1CC(C)CN(CCCNC(=O)CCCCCCN)C1.Cl.Cl. The van der Waals surface area contributed by atoms with E-state index in [0.29, 0.717) is 6.42 Å². The number of hydrogen-bond donors (Lipinski definition) is 2. The second-order valence-corrected chi connectivity index (χ2v) is 6.86.